The van der Waals surface area contributed by atoms with Crippen molar-refractivity contribution in [3.63, 3.8) is 0 Å². The van der Waals surface area contributed by atoms with Crippen molar-refractivity contribution in [2.24, 2.45) is 11.8 Å². The van der Waals surface area contributed by atoms with Crippen molar-refractivity contribution in [2.45, 2.75) is 142 Å². The minimum atomic E-state index is 0.694. The molecule has 0 aliphatic heterocycles. The zero-order chi connectivity index (χ0) is 26.5. The third-order valence-electron chi connectivity index (χ3n) is 7.36. The second-order valence-electron chi connectivity index (χ2n) is 11.4. The largest absolute Gasteiger partial charge is 0.309 e. The van der Waals surface area contributed by atoms with Gasteiger partial charge in [0.15, 0.2) is 0 Å². The predicted octanol–water partition coefficient (Wildman–Crippen LogP) is 10.5. The van der Waals surface area contributed by atoms with Crippen LogP contribution in [0, 0.1) is 11.8 Å². The monoisotopic (exact) mass is 501 g/mol. The summed E-state index contributed by atoms with van der Waals surface area (Å²) in [5, 5.41) is 0. The van der Waals surface area contributed by atoms with Gasteiger partial charge in [-0.1, -0.05) is 128 Å². The number of hydrogen-bond donors (Lipinski definition) is 0. The molecule has 2 unspecified atom stereocenters. The first-order valence-electron chi connectivity index (χ1n) is 15.6. The fraction of sp³-hybridized carbons (Fsp3) is 0.794. The molecule has 0 N–H and O–H groups in total. The average Bonchev–Trinajstić information content (AvgIpc) is 2.86. The van der Waals surface area contributed by atoms with Crippen LogP contribution in [0.2, 0.25) is 0 Å². The lowest BCUT2D eigenvalue weighted by Crippen LogP contribution is -2.17. The summed E-state index contributed by atoms with van der Waals surface area (Å²) in [6.45, 7) is 5.80. The lowest BCUT2D eigenvalue weighted by atomic mass is 9.90. The van der Waals surface area contributed by atoms with E-state index in [4.69, 9.17) is 0 Å². The summed E-state index contributed by atoms with van der Waals surface area (Å²) >= 11 is 0. The van der Waals surface area contributed by atoms with Crippen LogP contribution in [0.5, 0.6) is 0 Å². The number of carbonyl (C=O) groups is 1. The number of aldehydes is 1. The van der Waals surface area contributed by atoms with Crippen LogP contribution >= 0.6 is 0 Å². The van der Waals surface area contributed by atoms with E-state index in [1.54, 1.807) is 6.08 Å². The van der Waals surface area contributed by atoms with Crippen molar-refractivity contribution in [2.75, 3.05) is 20.6 Å². The molecule has 2 heteroatoms. The number of rotatable bonds is 27. The molecule has 0 aliphatic rings. The van der Waals surface area contributed by atoms with E-state index >= 15 is 0 Å². The topological polar surface area (TPSA) is 20.3 Å². The molecule has 0 amide bonds. The summed E-state index contributed by atoms with van der Waals surface area (Å²) < 4.78 is 0. The van der Waals surface area contributed by atoms with Gasteiger partial charge in [0.2, 0.25) is 0 Å². The van der Waals surface area contributed by atoms with E-state index in [2.05, 4.69) is 57.1 Å². The van der Waals surface area contributed by atoms with Crippen molar-refractivity contribution in [1.82, 2.24) is 4.90 Å². The van der Waals surface area contributed by atoms with Crippen LogP contribution in [-0.4, -0.2) is 31.8 Å². The number of hydrogen-bond acceptors (Lipinski definition) is 2. The normalized spacial score (nSPS) is 14.0. The molecule has 0 aromatic heterocycles. The lowest BCUT2D eigenvalue weighted by molar-refractivity contribution is -0.104. The Morgan fingerprint density at radius 3 is 1.81 bits per heavy atom. The second-order valence-corrected chi connectivity index (χ2v) is 11.4. The maximum absolute atomic E-state index is 10.4. The Bertz CT molecular complexity index is 533. The fourth-order valence-electron chi connectivity index (χ4n) is 4.88. The van der Waals surface area contributed by atoms with E-state index < -0.39 is 0 Å². The lowest BCUT2D eigenvalue weighted by Gasteiger charge is -2.20. The minimum Gasteiger partial charge on any atom is -0.309 e. The maximum Gasteiger partial charge on any atom is 0.142 e. The quantitative estimate of drug-likeness (QED) is 0.0483. The second kappa shape index (κ2) is 28.4. The Morgan fingerprint density at radius 2 is 1.19 bits per heavy atom. The Balaban J connectivity index is 3.74. The van der Waals surface area contributed by atoms with Crippen molar-refractivity contribution in [1.29, 1.82) is 0 Å². The third kappa shape index (κ3) is 27.4. The zero-order valence-electron chi connectivity index (χ0n) is 24.9. The van der Waals surface area contributed by atoms with E-state index in [0.29, 0.717) is 5.92 Å². The fourth-order valence-corrected chi connectivity index (χ4v) is 4.88. The van der Waals surface area contributed by atoms with Crippen LogP contribution in [0.4, 0.5) is 0 Å². The van der Waals surface area contributed by atoms with Gasteiger partial charge in [-0.25, -0.2) is 0 Å². The van der Waals surface area contributed by atoms with Gasteiger partial charge in [0.05, 0.1) is 0 Å². The Labute approximate surface area is 227 Å². The molecule has 0 fully saturated rings. The van der Waals surface area contributed by atoms with Gasteiger partial charge in [0.1, 0.15) is 6.29 Å². The number of unbranched alkanes of at least 4 members (excludes halogenated alkanes) is 11. The molecule has 0 aliphatic carbocycles. The van der Waals surface area contributed by atoms with Gasteiger partial charge in [0, 0.05) is 0 Å². The molecular weight excluding hydrogens is 438 g/mol. The number of allylic oxidation sites excluding steroid dienone is 6. The average molecular weight is 502 g/mol. The summed E-state index contributed by atoms with van der Waals surface area (Å²) in [5.74, 6) is 1.59. The van der Waals surface area contributed by atoms with Crippen molar-refractivity contribution in [3.8, 4) is 0 Å². The van der Waals surface area contributed by atoms with Gasteiger partial charge >= 0.3 is 0 Å². The van der Waals surface area contributed by atoms with Crippen LogP contribution in [0.3, 0.4) is 0 Å². The SMILES string of the molecule is CCCCC/C=C\C/C=C\CCCCCCCCCC(CCCCC(C)C/C=C/C=O)CCN(C)C. The minimum absolute atomic E-state index is 0.694. The summed E-state index contributed by atoms with van der Waals surface area (Å²) in [4.78, 5) is 12.7. The van der Waals surface area contributed by atoms with Gasteiger partial charge in [-0.15, -0.1) is 0 Å². The molecule has 0 saturated heterocycles. The Morgan fingerprint density at radius 1 is 0.639 bits per heavy atom. The van der Waals surface area contributed by atoms with Crippen molar-refractivity contribution in [3.05, 3.63) is 36.5 Å². The van der Waals surface area contributed by atoms with Crippen LogP contribution in [0.15, 0.2) is 36.5 Å². The highest BCUT2D eigenvalue weighted by molar-refractivity contribution is 5.64. The first kappa shape index (κ1) is 34.9. The standard InChI is InChI=1S/C34H63NO/c1-5-6-7-8-9-10-11-12-13-14-15-16-17-18-19-20-21-28-34(30-31-35(3)4)29-23-22-26-33(2)27-24-25-32-36/h9-10,12-13,24-25,32-34H,5-8,11,14-23,26-31H2,1-4H3/b10-9-,13-12-,25-24+. The first-order valence-corrected chi connectivity index (χ1v) is 15.6. The molecule has 2 nitrogen and oxygen atoms in total. The molecule has 2 atom stereocenters. The first-order chi connectivity index (χ1) is 17.6. The highest BCUT2D eigenvalue weighted by Crippen LogP contribution is 2.23. The molecule has 36 heavy (non-hydrogen) atoms. The molecule has 0 heterocycles. The van der Waals surface area contributed by atoms with Gasteiger partial charge in [0.25, 0.3) is 0 Å². The molecule has 0 bridgehead atoms. The van der Waals surface area contributed by atoms with E-state index in [0.717, 1.165) is 25.0 Å². The van der Waals surface area contributed by atoms with Gasteiger partial charge < -0.3 is 4.90 Å². The van der Waals surface area contributed by atoms with Gasteiger partial charge in [-0.3, -0.25) is 4.79 Å². The van der Waals surface area contributed by atoms with Crippen molar-refractivity contribution < 1.29 is 4.79 Å². The van der Waals surface area contributed by atoms with Crippen LogP contribution in [-0.2, 0) is 4.79 Å². The van der Waals surface area contributed by atoms with Gasteiger partial charge in [-0.2, -0.15) is 0 Å². The third-order valence-corrected chi connectivity index (χ3v) is 7.36. The van der Waals surface area contributed by atoms with E-state index in [-0.39, 0.29) is 0 Å². The predicted molar refractivity (Wildman–Crippen MR) is 163 cm³/mol. The summed E-state index contributed by atoms with van der Waals surface area (Å²) in [6.07, 6.45) is 40.6. The highest BCUT2D eigenvalue weighted by Gasteiger charge is 2.10. The molecule has 0 radical (unpaired) electrons. The summed E-state index contributed by atoms with van der Waals surface area (Å²) in [5.41, 5.74) is 0. The summed E-state index contributed by atoms with van der Waals surface area (Å²) in [7, 11) is 4.40. The number of carbonyl (C=O) groups excluding carboxylic acids is 1. The zero-order valence-corrected chi connectivity index (χ0v) is 24.9. The van der Waals surface area contributed by atoms with Crippen molar-refractivity contribution >= 4 is 6.29 Å². The number of nitrogens with zero attached hydrogens (tertiary/aromatic N) is 1. The Hall–Kier alpha value is -1.15. The smallest absolute Gasteiger partial charge is 0.142 e. The molecule has 210 valence electrons. The summed E-state index contributed by atoms with van der Waals surface area (Å²) in [6, 6.07) is 0. The molecule has 0 spiro atoms. The Kier molecular flexibility index (Phi) is 27.5. The molecule has 0 aromatic rings. The highest BCUT2D eigenvalue weighted by atomic mass is 16.1. The maximum atomic E-state index is 10.4. The van der Waals surface area contributed by atoms with E-state index in [9.17, 15) is 4.79 Å². The van der Waals surface area contributed by atoms with Gasteiger partial charge in [-0.05, 0) is 83.5 Å². The van der Waals surface area contributed by atoms with E-state index in [1.807, 2.05) is 6.08 Å². The molecule has 0 saturated carbocycles. The van der Waals surface area contributed by atoms with E-state index in [1.165, 1.54) is 122 Å². The van der Waals surface area contributed by atoms with Crippen LogP contribution in [0.25, 0.3) is 0 Å². The molecule has 0 aromatic carbocycles. The van der Waals surface area contributed by atoms with Crippen LogP contribution < -0.4 is 0 Å². The van der Waals surface area contributed by atoms with Crippen LogP contribution in [0.1, 0.15) is 142 Å². The molecule has 0 rings (SSSR count). The molecular formula is C34H63NO.